The van der Waals surface area contributed by atoms with Gasteiger partial charge >= 0.3 is 0 Å². The number of aromatic nitrogens is 6. The van der Waals surface area contributed by atoms with Gasteiger partial charge in [-0.3, -0.25) is 4.40 Å². The molecule has 1 aliphatic carbocycles. The Kier molecular flexibility index (Phi) is 4.37. The molecular formula is C19H21ClN8. The van der Waals surface area contributed by atoms with Crippen LogP contribution in [0.1, 0.15) is 25.7 Å². The lowest BCUT2D eigenvalue weighted by Crippen LogP contribution is -2.35. The van der Waals surface area contributed by atoms with Crippen LogP contribution >= 0.6 is 11.6 Å². The zero-order valence-electron chi connectivity index (χ0n) is 15.5. The normalized spacial score (nSPS) is 20.1. The van der Waals surface area contributed by atoms with Crippen molar-refractivity contribution in [3.05, 3.63) is 42.2 Å². The lowest BCUT2D eigenvalue weighted by molar-refractivity contribution is 0.370. The largest absolute Gasteiger partial charge is 0.350 e. The molecule has 0 radical (unpaired) electrons. The van der Waals surface area contributed by atoms with Crippen molar-refractivity contribution in [1.82, 2.24) is 34.3 Å². The van der Waals surface area contributed by atoms with E-state index in [0.29, 0.717) is 29.0 Å². The molecule has 5 rings (SSSR count). The second kappa shape index (κ2) is 7.03. The molecule has 0 aliphatic heterocycles. The van der Waals surface area contributed by atoms with Gasteiger partial charge in [-0.25, -0.2) is 19.5 Å². The summed E-state index contributed by atoms with van der Waals surface area (Å²) in [5.41, 5.74) is 2.85. The van der Waals surface area contributed by atoms with Crippen molar-refractivity contribution in [3.8, 4) is 11.1 Å². The van der Waals surface area contributed by atoms with Gasteiger partial charge in [0.2, 0.25) is 11.7 Å². The van der Waals surface area contributed by atoms with Crippen molar-refractivity contribution in [3.63, 3.8) is 0 Å². The Morgan fingerprint density at radius 3 is 2.64 bits per heavy atom. The van der Waals surface area contributed by atoms with Gasteiger partial charge in [-0.1, -0.05) is 11.6 Å². The summed E-state index contributed by atoms with van der Waals surface area (Å²) in [6.45, 7) is 0. The average Bonchev–Trinajstić information content (AvgIpc) is 3.32. The van der Waals surface area contributed by atoms with E-state index in [1.165, 1.54) is 12.8 Å². The molecule has 9 heteroatoms. The Balaban J connectivity index is 1.41. The highest BCUT2D eigenvalue weighted by Crippen LogP contribution is 2.26. The Bertz CT molecular complexity index is 1130. The number of nitrogens with one attached hydrogen (secondary N) is 2. The third kappa shape index (κ3) is 3.08. The van der Waals surface area contributed by atoms with E-state index in [0.717, 1.165) is 29.5 Å². The number of fused-ring (bicyclic) bond motifs is 2. The van der Waals surface area contributed by atoms with Gasteiger partial charge in [0.1, 0.15) is 5.15 Å². The maximum absolute atomic E-state index is 6.17. The van der Waals surface area contributed by atoms with E-state index in [2.05, 4.69) is 30.7 Å². The standard InChI is InChI=1S/C19H21ClN8/c1-21-13-2-4-14(5-3-13)25-18-22-9-16-15(6-7-28(16)26-18)12-8-23-19-24-10-17(20)27(19)11-12/h6-11,13-14,21H,2-5H2,1H3,(H,25,26)/t13-,14+. The molecule has 2 N–H and O–H groups in total. The number of hydrogen-bond donors (Lipinski definition) is 2. The Labute approximate surface area is 167 Å². The average molecular weight is 397 g/mol. The summed E-state index contributed by atoms with van der Waals surface area (Å²) in [5.74, 6) is 1.24. The molecule has 28 heavy (non-hydrogen) atoms. The van der Waals surface area contributed by atoms with E-state index >= 15 is 0 Å². The third-order valence-electron chi connectivity index (χ3n) is 5.52. The fourth-order valence-electron chi connectivity index (χ4n) is 3.90. The molecule has 0 bridgehead atoms. The van der Waals surface area contributed by atoms with Crippen molar-refractivity contribution in [1.29, 1.82) is 0 Å². The summed E-state index contributed by atoms with van der Waals surface area (Å²) in [5, 5.41) is 12.0. The van der Waals surface area contributed by atoms with E-state index in [-0.39, 0.29) is 0 Å². The summed E-state index contributed by atoms with van der Waals surface area (Å²) in [6.07, 6.45) is 13.7. The van der Waals surface area contributed by atoms with Crippen molar-refractivity contribution in [2.75, 3.05) is 12.4 Å². The summed E-state index contributed by atoms with van der Waals surface area (Å²) < 4.78 is 3.61. The molecule has 4 aromatic heterocycles. The van der Waals surface area contributed by atoms with E-state index in [4.69, 9.17) is 11.6 Å². The van der Waals surface area contributed by atoms with Crippen LogP contribution in [0.25, 0.3) is 22.4 Å². The zero-order chi connectivity index (χ0) is 19.1. The number of halogens is 1. The van der Waals surface area contributed by atoms with Crippen molar-refractivity contribution in [2.45, 2.75) is 37.8 Å². The summed E-state index contributed by atoms with van der Waals surface area (Å²) in [4.78, 5) is 13.1. The highest BCUT2D eigenvalue weighted by atomic mass is 35.5. The van der Waals surface area contributed by atoms with Crippen LogP contribution < -0.4 is 10.6 Å². The molecule has 0 aromatic carbocycles. The molecule has 8 nitrogen and oxygen atoms in total. The van der Waals surface area contributed by atoms with Gasteiger partial charge in [0.15, 0.2) is 0 Å². The van der Waals surface area contributed by atoms with Gasteiger partial charge in [-0.05, 0) is 38.8 Å². The van der Waals surface area contributed by atoms with E-state index in [1.807, 2.05) is 36.2 Å². The molecule has 1 aliphatic rings. The van der Waals surface area contributed by atoms with E-state index < -0.39 is 0 Å². The molecule has 144 valence electrons. The minimum Gasteiger partial charge on any atom is -0.350 e. The summed E-state index contributed by atoms with van der Waals surface area (Å²) in [7, 11) is 2.03. The summed E-state index contributed by atoms with van der Waals surface area (Å²) >= 11 is 6.17. The second-order valence-corrected chi connectivity index (χ2v) is 7.60. The molecule has 0 saturated heterocycles. The maximum atomic E-state index is 6.17. The first kappa shape index (κ1) is 17.4. The van der Waals surface area contributed by atoms with Crippen LogP contribution in [0.15, 0.2) is 37.1 Å². The molecule has 0 atom stereocenters. The molecular weight excluding hydrogens is 376 g/mol. The van der Waals surface area contributed by atoms with E-state index in [1.54, 1.807) is 16.8 Å². The van der Waals surface area contributed by atoms with Gasteiger partial charge in [0.25, 0.3) is 0 Å². The molecule has 0 amide bonds. The van der Waals surface area contributed by atoms with Crippen LogP contribution in [0.3, 0.4) is 0 Å². The van der Waals surface area contributed by atoms with Crippen LogP contribution in [0.5, 0.6) is 0 Å². The molecule has 1 saturated carbocycles. The Morgan fingerprint density at radius 2 is 1.82 bits per heavy atom. The first-order valence-corrected chi connectivity index (χ1v) is 9.86. The van der Waals surface area contributed by atoms with E-state index in [9.17, 15) is 0 Å². The molecule has 1 fully saturated rings. The smallest absolute Gasteiger partial charge is 0.241 e. The number of rotatable bonds is 4. The van der Waals surface area contributed by atoms with Crippen molar-refractivity contribution < 1.29 is 0 Å². The first-order chi connectivity index (χ1) is 13.7. The van der Waals surface area contributed by atoms with Crippen LogP contribution in [0, 0.1) is 0 Å². The fourth-order valence-corrected chi connectivity index (χ4v) is 4.08. The predicted molar refractivity (Wildman–Crippen MR) is 109 cm³/mol. The zero-order valence-corrected chi connectivity index (χ0v) is 16.3. The lowest BCUT2D eigenvalue weighted by Gasteiger charge is -2.28. The number of anilines is 1. The van der Waals surface area contributed by atoms with Gasteiger partial charge in [0.05, 0.1) is 17.9 Å². The maximum Gasteiger partial charge on any atom is 0.241 e. The number of hydrogen-bond acceptors (Lipinski definition) is 6. The highest BCUT2D eigenvalue weighted by Gasteiger charge is 2.20. The van der Waals surface area contributed by atoms with Crippen LogP contribution in [0.2, 0.25) is 5.15 Å². The van der Waals surface area contributed by atoms with Gasteiger partial charge in [-0.2, -0.15) is 0 Å². The highest BCUT2D eigenvalue weighted by molar-refractivity contribution is 6.29. The molecule has 4 heterocycles. The SMILES string of the molecule is CN[C@H]1CC[C@@H](Nc2ncc3c(-c4cnc5ncc(Cl)n5c4)ccn3n2)CC1. The fraction of sp³-hybridized carbons (Fsp3) is 0.368. The van der Waals surface area contributed by atoms with Gasteiger partial charge < -0.3 is 10.6 Å². The number of nitrogens with zero attached hydrogens (tertiary/aromatic N) is 6. The van der Waals surface area contributed by atoms with Crippen molar-refractivity contribution >= 4 is 28.8 Å². The monoisotopic (exact) mass is 396 g/mol. The van der Waals surface area contributed by atoms with Crippen LogP contribution in [0.4, 0.5) is 5.95 Å². The second-order valence-electron chi connectivity index (χ2n) is 7.22. The predicted octanol–water partition coefficient (Wildman–Crippen LogP) is 3.03. The van der Waals surface area contributed by atoms with Crippen molar-refractivity contribution in [2.24, 2.45) is 0 Å². The molecule has 0 unspecified atom stereocenters. The first-order valence-electron chi connectivity index (χ1n) is 9.48. The van der Waals surface area contributed by atoms with Gasteiger partial charge in [0, 0.05) is 41.8 Å². The number of imidazole rings is 1. The minimum absolute atomic E-state index is 0.423. The van der Waals surface area contributed by atoms with Gasteiger partial charge in [-0.15, -0.1) is 5.10 Å². The quantitative estimate of drug-likeness (QED) is 0.551. The topological polar surface area (TPSA) is 84.4 Å². The van der Waals surface area contributed by atoms with Crippen LogP contribution in [-0.2, 0) is 0 Å². The van der Waals surface area contributed by atoms with Crippen LogP contribution in [-0.4, -0.2) is 48.1 Å². The summed E-state index contributed by atoms with van der Waals surface area (Å²) in [6, 6.07) is 3.06. The minimum atomic E-state index is 0.423. The Morgan fingerprint density at radius 1 is 1.04 bits per heavy atom. The molecule has 4 aromatic rings. The third-order valence-corrected chi connectivity index (χ3v) is 5.80. The molecule has 0 spiro atoms. The Hall–Kier alpha value is -2.71. The lowest BCUT2D eigenvalue weighted by atomic mass is 9.91.